The van der Waals surface area contributed by atoms with Crippen molar-refractivity contribution in [3.63, 3.8) is 0 Å². The summed E-state index contributed by atoms with van der Waals surface area (Å²) in [4.78, 5) is 18.6. The van der Waals surface area contributed by atoms with Crippen molar-refractivity contribution >= 4 is 22.2 Å². The molecular weight excluding hydrogens is 326 g/mol. The lowest BCUT2D eigenvalue weighted by Gasteiger charge is -2.05. The summed E-state index contributed by atoms with van der Waals surface area (Å²) in [7, 11) is 1.64. The zero-order valence-corrected chi connectivity index (χ0v) is 14.3. The van der Waals surface area contributed by atoms with Crippen molar-refractivity contribution < 1.29 is 4.74 Å². The molecule has 3 rings (SSSR count). The maximum atomic E-state index is 11.5. The molecule has 124 valence electrons. The van der Waals surface area contributed by atoms with Crippen LogP contribution in [-0.2, 0) is 4.74 Å². The molecule has 1 unspecified atom stereocenters. The smallest absolute Gasteiger partial charge is 0.251 e. The van der Waals surface area contributed by atoms with E-state index >= 15 is 0 Å². The highest BCUT2D eigenvalue weighted by Crippen LogP contribution is 2.26. The van der Waals surface area contributed by atoms with Gasteiger partial charge >= 0.3 is 0 Å². The predicted molar refractivity (Wildman–Crippen MR) is 93.6 cm³/mol. The summed E-state index contributed by atoms with van der Waals surface area (Å²) in [6.45, 7) is 3.72. The fourth-order valence-corrected chi connectivity index (χ4v) is 2.89. The van der Waals surface area contributed by atoms with E-state index in [4.69, 9.17) is 4.74 Å². The van der Waals surface area contributed by atoms with Crippen LogP contribution in [-0.4, -0.2) is 27.3 Å². The Hall–Kier alpha value is -2.58. The van der Waals surface area contributed by atoms with Crippen molar-refractivity contribution in [3.05, 3.63) is 51.4 Å². The SMILES string of the molecule is COC(C)c1nnc(Nc2ccc(-c3nc(C)cc(=O)[nH]3)cc2)s1. The molecule has 0 aliphatic heterocycles. The molecule has 24 heavy (non-hydrogen) atoms. The predicted octanol–water partition coefficient (Wildman–Crippen LogP) is 3.05. The average Bonchev–Trinajstić information content (AvgIpc) is 3.02. The highest BCUT2D eigenvalue weighted by Gasteiger charge is 2.11. The van der Waals surface area contributed by atoms with E-state index in [1.165, 1.54) is 17.4 Å². The second-order valence-electron chi connectivity index (χ2n) is 5.26. The summed E-state index contributed by atoms with van der Waals surface area (Å²) in [5.74, 6) is 0.554. The first-order valence-electron chi connectivity index (χ1n) is 7.37. The number of methoxy groups -OCH3 is 1. The zero-order chi connectivity index (χ0) is 17.1. The van der Waals surface area contributed by atoms with E-state index in [1.807, 2.05) is 31.2 Å². The molecule has 7 nitrogen and oxygen atoms in total. The van der Waals surface area contributed by atoms with Gasteiger partial charge in [0.25, 0.3) is 5.56 Å². The average molecular weight is 343 g/mol. The first kappa shape index (κ1) is 16.3. The molecule has 2 heterocycles. The van der Waals surface area contributed by atoms with Gasteiger partial charge < -0.3 is 15.0 Å². The van der Waals surface area contributed by atoms with E-state index in [0.717, 1.165) is 16.3 Å². The third-order valence-corrected chi connectivity index (χ3v) is 4.42. The van der Waals surface area contributed by atoms with Crippen LogP contribution in [0.5, 0.6) is 0 Å². The normalized spacial score (nSPS) is 12.1. The summed E-state index contributed by atoms with van der Waals surface area (Å²) in [6.07, 6.45) is -0.0790. The van der Waals surface area contributed by atoms with Crippen LogP contribution in [0.1, 0.15) is 23.7 Å². The lowest BCUT2D eigenvalue weighted by atomic mass is 10.2. The zero-order valence-electron chi connectivity index (χ0n) is 13.5. The molecule has 3 aromatic rings. The molecule has 2 N–H and O–H groups in total. The Labute approximate surface area is 142 Å². The van der Waals surface area contributed by atoms with E-state index in [0.29, 0.717) is 16.6 Å². The van der Waals surface area contributed by atoms with Gasteiger partial charge in [-0.15, -0.1) is 10.2 Å². The summed E-state index contributed by atoms with van der Waals surface area (Å²) in [5, 5.41) is 12.9. The van der Waals surface area contributed by atoms with E-state index in [2.05, 4.69) is 25.5 Å². The number of aryl methyl sites for hydroxylation is 1. The number of aromatic nitrogens is 4. The monoisotopic (exact) mass is 343 g/mol. The molecule has 0 fully saturated rings. The van der Waals surface area contributed by atoms with Gasteiger partial charge in [-0.05, 0) is 38.1 Å². The lowest BCUT2D eigenvalue weighted by Crippen LogP contribution is -2.08. The lowest BCUT2D eigenvalue weighted by molar-refractivity contribution is 0.118. The van der Waals surface area contributed by atoms with Crippen molar-refractivity contribution in [2.24, 2.45) is 0 Å². The molecule has 0 saturated heterocycles. The van der Waals surface area contributed by atoms with Gasteiger partial charge in [-0.2, -0.15) is 0 Å². The molecule has 1 atom stereocenters. The van der Waals surface area contributed by atoms with E-state index in [1.54, 1.807) is 14.0 Å². The Morgan fingerprint density at radius 2 is 2.00 bits per heavy atom. The number of nitrogens with one attached hydrogen (secondary N) is 2. The van der Waals surface area contributed by atoms with Crippen LogP contribution in [0.2, 0.25) is 0 Å². The van der Waals surface area contributed by atoms with Crippen molar-refractivity contribution in [3.8, 4) is 11.4 Å². The van der Waals surface area contributed by atoms with Gasteiger partial charge in [-0.25, -0.2) is 4.98 Å². The minimum absolute atomic E-state index is 0.0790. The molecule has 8 heteroatoms. The Kier molecular flexibility index (Phi) is 4.68. The van der Waals surface area contributed by atoms with Crippen LogP contribution in [0.25, 0.3) is 11.4 Å². The van der Waals surface area contributed by atoms with Gasteiger partial charge in [0, 0.05) is 30.1 Å². The highest BCUT2D eigenvalue weighted by atomic mass is 32.1. The second kappa shape index (κ2) is 6.90. The summed E-state index contributed by atoms with van der Waals surface area (Å²) in [5.41, 5.74) is 2.24. The fourth-order valence-electron chi connectivity index (χ4n) is 2.10. The number of rotatable bonds is 5. The van der Waals surface area contributed by atoms with Gasteiger partial charge in [0.1, 0.15) is 16.9 Å². The summed E-state index contributed by atoms with van der Waals surface area (Å²) < 4.78 is 5.23. The molecule has 0 bridgehead atoms. The molecule has 2 aromatic heterocycles. The first-order chi connectivity index (χ1) is 11.5. The minimum atomic E-state index is -0.159. The van der Waals surface area contributed by atoms with Gasteiger partial charge in [0.15, 0.2) is 0 Å². The quantitative estimate of drug-likeness (QED) is 0.740. The van der Waals surface area contributed by atoms with Gasteiger partial charge in [-0.1, -0.05) is 11.3 Å². The number of nitrogens with zero attached hydrogens (tertiary/aromatic N) is 3. The van der Waals surface area contributed by atoms with Crippen LogP contribution in [0.4, 0.5) is 10.8 Å². The Bertz CT molecular complexity index is 888. The van der Waals surface area contributed by atoms with Gasteiger partial charge in [0.05, 0.1) is 0 Å². The number of anilines is 2. The minimum Gasteiger partial charge on any atom is -0.374 e. The van der Waals surface area contributed by atoms with Crippen LogP contribution in [0.15, 0.2) is 35.1 Å². The molecular formula is C16H17N5O2S. The summed E-state index contributed by atoms with van der Waals surface area (Å²) in [6, 6.07) is 9.05. The van der Waals surface area contributed by atoms with Crippen LogP contribution in [0, 0.1) is 6.92 Å². The van der Waals surface area contributed by atoms with E-state index < -0.39 is 0 Å². The number of H-pyrrole nitrogens is 1. The molecule has 0 aliphatic carbocycles. The third kappa shape index (κ3) is 3.66. The first-order valence-corrected chi connectivity index (χ1v) is 8.18. The number of benzene rings is 1. The molecule has 0 radical (unpaired) electrons. The Morgan fingerprint density at radius 1 is 1.25 bits per heavy atom. The summed E-state index contributed by atoms with van der Waals surface area (Å²) >= 11 is 1.45. The van der Waals surface area contributed by atoms with Crippen molar-refractivity contribution in [1.29, 1.82) is 0 Å². The van der Waals surface area contributed by atoms with E-state index in [9.17, 15) is 4.79 Å². The molecule has 0 saturated carbocycles. The van der Waals surface area contributed by atoms with Crippen LogP contribution >= 0.6 is 11.3 Å². The maximum absolute atomic E-state index is 11.5. The van der Waals surface area contributed by atoms with Gasteiger partial charge in [0.2, 0.25) is 5.13 Å². The fraction of sp³-hybridized carbons (Fsp3) is 0.250. The number of hydrogen-bond acceptors (Lipinski definition) is 7. The van der Waals surface area contributed by atoms with Gasteiger partial charge in [-0.3, -0.25) is 4.79 Å². The van der Waals surface area contributed by atoms with E-state index in [-0.39, 0.29) is 11.7 Å². The second-order valence-corrected chi connectivity index (χ2v) is 6.27. The highest BCUT2D eigenvalue weighted by molar-refractivity contribution is 7.15. The largest absolute Gasteiger partial charge is 0.374 e. The molecule has 0 amide bonds. The maximum Gasteiger partial charge on any atom is 0.251 e. The number of ether oxygens (including phenoxy) is 1. The Balaban J connectivity index is 1.77. The topological polar surface area (TPSA) is 92.8 Å². The molecule has 1 aromatic carbocycles. The Morgan fingerprint density at radius 3 is 2.67 bits per heavy atom. The van der Waals surface area contributed by atoms with Crippen LogP contribution in [0.3, 0.4) is 0 Å². The third-order valence-electron chi connectivity index (χ3n) is 3.42. The van der Waals surface area contributed by atoms with Crippen LogP contribution < -0.4 is 10.9 Å². The molecule has 0 aliphatic rings. The van der Waals surface area contributed by atoms with Crippen molar-refractivity contribution in [1.82, 2.24) is 20.2 Å². The number of aromatic amines is 1. The number of hydrogen-bond donors (Lipinski definition) is 2. The molecule has 0 spiro atoms. The standard InChI is InChI=1S/C16H17N5O2S/c1-9-8-13(22)19-14(17-9)11-4-6-12(7-5-11)18-16-21-20-15(24-16)10(2)23-3/h4-8,10H,1-3H3,(H,18,21)(H,17,19,22). The van der Waals surface area contributed by atoms with Crippen molar-refractivity contribution in [2.75, 3.05) is 12.4 Å². The van der Waals surface area contributed by atoms with Crippen molar-refractivity contribution in [2.45, 2.75) is 20.0 Å².